The van der Waals surface area contributed by atoms with Crippen molar-refractivity contribution in [3.05, 3.63) is 107 Å². The van der Waals surface area contributed by atoms with Gasteiger partial charge in [0.15, 0.2) is 0 Å². The Kier molecular flexibility index (Phi) is 5.63. The van der Waals surface area contributed by atoms with Gasteiger partial charge >= 0.3 is 0 Å². The zero-order chi connectivity index (χ0) is 17.5. The van der Waals surface area contributed by atoms with E-state index in [1.165, 1.54) is 11.1 Å². The van der Waals surface area contributed by atoms with Crippen LogP contribution >= 0.6 is 0 Å². The number of nitrogens with one attached hydrogen (secondary N) is 1. The lowest BCUT2D eigenvalue weighted by atomic mass is 9.91. The van der Waals surface area contributed by atoms with Crippen LogP contribution in [0.2, 0.25) is 0 Å². The third-order valence-electron chi connectivity index (χ3n) is 4.35. The lowest BCUT2D eigenvalue weighted by Crippen LogP contribution is -2.30. The van der Waals surface area contributed by atoms with E-state index >= 15 is 0 Å². The van der Waals surface area contributed by atoms with Crippen molar-refractivity contribution in [3.63, 3.8) is 0 Å². The zero-order valence-electron chi connectivity index (χ0n) is 14.5. The van der Waals surface area contributed by atoms with E-state index in [4.69, 9.17) is 0 Å². The fourth-order valence-corrected chi connectivity index (χ4v) is 3.03. The molecular formula is C23H23NO. The molecule has 0 bridgehead atoms. The summed E-state index contributed by atoms with van der Waals surface area (Å²) in [5.74, 6) is -0.120. The average Bonchev–Trinajstić information content (AvgIpc) is 2.66. The SMILES string of the molecule is Cc1cccc(CNC(=O)C(Cc2ccccc2)c2ccccc2)c1. The van der Waals surface area contributed by atoms with Gasteiger partial charge in [0.1, 0.15) is 0 Å². The molecule has 0 saturated heterocycles. The minimum atomic E-state index is -0.187. The first kappa shape index (κ1) is 17.0. The number of carbonyl (C=O) groups excluding carboxylic acids is 1. The summed E-state index contributed by atoms with van der Waals surface area (Å²) in [5.41, 5.74) is 4.55. The Labute approximate surface area is 149 Å². The number of hydrogen-bond donors (Lipinski definition) is 1. The summed E-state index contributed by atoms with van der Waals surface area (Å²) in [6.45, 7) is 2.62. The second-order valence-electron chi connectivity index (χ2n) is 6.36. The maximum absolute atomic E-state index is 12.9. The Morgan fingerprint density at radius 2 is 1.48 bits per heavy atom. The summed E-state index contributed by atoms with van der Waals surface area (Å²) in [4.78, 5) is 12.9. The van der Waals surface area contributed by atoms with E-state index in [2.05, 4.69) is 36.5 Å². The van der Waals surface area contributed by atoms with Crippen LogP contribution in [0, 0.1) is 6.92 Å². The first-order chi connectivity index (χ1) is 12.2. The number of benzene rings is 3. The van der Waals surface area contributed by atoms with Gasteiger partial charge in [0.2, 0.25) is 5.91 Å². The highest BCUT2D eigenvalue weighted by Gasteiger charge is 2.20. The summed E-state index contributed by atoms with van der Waals surface area (Å²) >= 11 is 0. The van der Waals surface area contributed by atoms with Gasteiger partial charge in [0.05, 0.1) is 5.92 Å². The second-order valence-corrected chi connectivity index (χ2v) is 6.36. The van der Waals surface area contributed by atoms with Gasteiger partial charge in [-0.05, 0) is 30.0 Å². The molecule has 1 N–H and O–H groups in total. The van der Waals surface area contributed by atoms with E-state index in [9.17, 15) is 4.79 Å². The molecule has 2 heteroatoms. The maximum atomic E-state index is 12.9. The molecule has 3 aromatic carbocycles. The molecule has 0 spiro atoms. The molecule has 3 aromatic rings. The molecule has 0 saturated carbocycles. The van der Waals surface area contributed by atoms with Crippen molar-refractivity contribution in [3.8, 4) is 0 Å². The van der Waals surface area contributed by atoms with Crippen molar-refractivity contribution in [1.82, 2.24) is 5.32 Å². The van der Waals surface area contributed by atoms with Crippen LogP contribution in [-0.4, -0.2) is 5.91 Å². The Balaban J connectivity index is 1.75. The van der Waals surface area contributed by atoms with Gasteiger partial charge in [-0.1, -0.05) is 90.5 Å². The molecule has 25 heavy (non-hydrogen) atoms. The van der Waals surface area contributed by atoms with E-state index in [1.54, 1.807) is 0 Å². The van der Waals surface area contributed by atoms with Gasteiger partial charge < -0.3 is 5.32 Å². The molecule has 3 rings (SSSR count). The lowest BCUT2D eigenvalue weighted by Gasteiger charge is -2.18. The van der Waals surface area contributed by atoms with Crippen LogP contribution in [0.5, 0.6) is 0 Å². The molecular weight excluding hydrogens is 306 g/mol. The molecule has 0 fully saturated rings. The van der Waals surface area contributed by atoms with Gasteiger partial charge in [-0.15, -0.1) is 0 Å². The zero-order valence-corrected chi connectivity index (χ0v) is 14.5. The molecule has 0 aliphatic rings. The molecule has 0 aromatic heterocycles. The Bertz CT molecular complexity index is 812. The van der Waals surface area contributed by atoms with Gasteiger partial charge in [0, 0.05) is 6.54 Å². The first-order valence-corrected chi connectivity index (χ1v) is 8.64. The molecule has 1 atom stereocenters. The fraction of sp³-hybridized carbons (Fsp3) is 0.174. The third-order valence-corrected chi connectivity index (χ3v) is 4.35. The highest BCUT2D eigenvalue weighted by atomic mass is 16.1. The van der Waals surface area contributed by atoms with Crippen molar-refractivity contribution in [2.24, 2.45) is 0 Å². The maximum Gasteiger partial charge on any atom is 0.228 e. The Morgan fingerprint density at radius 1 is 0.840 bits per heavy atom. The Hall–Kier alpha value is -2.87. The lowest BCUT2D eigenvalue weighted by molar-refractivity contribution is -0.122. The summed E-state index contributed by atoms with van der Waals surface area (Å²) in [6, 6.07) is 28.4. The largest absolute Gasteiger partial charge is 0.351 e. The van der Waals surface area contributed by atoms with E-state index in [-0.39, 0.29) is 11.8 Å². The van der Waals surface area contributed by atoms with E-state index in [0.29, 0.717) is 13.0 Å². The fourth-order valence-electron chi connectivity index (χ4n) is 3.03. The van der Waals surface area contributed by atoms with Gasteiger partial charge in [-0.3, -0.25) is 4.79 Å². The summed E-state index contributed by atoms with van der Waals surface area (Å²) < 4.78 is 0. The molecule has 1 amide bonds. The molecule has 126 valence electrons. The van der Waals surface area contributed by atoms with Crippen LogP contribution in [0.15, 0.2) is 84.9 Å². The molecule has 2 nitrogen and oxygen atoms in total. The van der Waals surface area contributed by atoms with Gasteiger partial charge in [-0.2, -0.15) is 0 Å². The number of rotatable bonds is 6. The highest BCUT2D eigenvalue weighted by Crippen LogP contribution is 2.21. The van der Waals surface area contributed by atoms with E-state index in [0.717, 1.165) is 11.1 Å². The van der Waals surface area contributed by atoms with Crippen LogP contribution < -0.4 is 5.32 Å². The first-order valence-electron chi connectivity index (χ1n) is 8.64. The third kappa shape index (κ3) is 4.80. The topological polar surface area (TPSA) is 29.1 Å². The van der Waals surface area contributed by atoms with E-state index < -0.39 is 0 Å². The Morgan fingerprint density at radius 3 is 2.16 bits per heavy atom. The van der Waals surface area contributed by atoms with Crippen LogP contribution in [0.25, 0.3) is 0 Å². The summed E-state index contributed by atoms with van der Waals surface area (Å²) in [6.07, 6.45) is 0.699. The molecule has 1 unspecified atom stereocenters. The average molecular weight is 329 g/mol. The van der Waals surface area contributed by atoms with Gasteiger partial charge in [-0.25, -0.2) is 0 Å². The standard InChI is InChI=1S/C23H23NO/c1-18-9-8-12-20(15-18)17-24-23(25)22(21-13-6-3-7-14-21)16-19-10-4-2-5-11-19/h2-15,22H,16-17H2,1H3,(H,24,25). The number of aryl methyl sites for hydroxylation is 1. The smallest absolute Gasteiger partial charge is 0.228 e. The van der Waals surface area contributed by atoms with Crippen molar-refractivity contribution in [2.75, 3.05) is 0 Å². The predicted molar refractivity (Wildman–Crippen MR) is 102 cm³/mol. The van der Waals surface area contributed by atoms with Crippen LogP contribution in [-0.2, 0) is 17.8 Å². The number of amides is 1. The monoisotopic (exact) mass is 329 g/mol. The molecule has 0 radical (unpaired) electrons. The minimum absolute atomic E-state index is 0.0663. The normalized spacial score (nSPS) is 11.7. The molecule has 0 aliphatic heterocycles. The quantitative estimate of drug-likeness (QED) is 0.701. The predicted octanol–water partition coefficient (Wildman–Crippen LogP) is 4.64. The van der Waals surface area contributed by atoms with Crippen LogP contribution in [0.3, 0.4) is 0 Å². The van der Waals surface area contributed by atoms with Crippen LogP contribution in [0.1, 0.15) is 28.2 Å². The van der Waals surface area contributed by atoms with Crippen molar-refractivity contribution >= 4 is 5.91 Å². The van der Waals surface area contributed by atoms with Crippen molar-refractivity contribution in [2.45, 2.75) is 25.8 Å². The van der Waals surface area contributed by atoms with Crippen LogP contribution in [0.4, 0.5) is 0 Å². The highest BCUT2D eigenvalue weighted by molar-refractivity contribution is 5.84. The molecule has 0 heterocycles. The second kappa shape index (κ2) is 8.29. The van der Waals surface area contributed by atoms with Gasteiger partial charge in [0.25, 0.3) is 0 Å². The van der Waals surface area contributed by atoms with E-state index in [1.807, 2.05) is 60.7 Å². The van der Waals surface area contributed by atoms with Crippen molar-refractivity contribution in [1.29, 1.82) is 0 Å². The number of carbonyl (C=O) groups is 1. The summed E-state index contributed by atoms with van der Waals surface area (Å²) in [7, 11) is 0. The number of hydrogen-bond acceptors (Lipinski definition) is 1. The molecule has 0 aliphatic carbocycles. The minimum Gasteiger partial charge on any atom is -0.351 e. The summed E-state index contributed by atoms with van der Waals surface area (Å²) in [5, 5.41) is 3.11. The van der Waals surface area contributed by atoms with Crippen molar-refractivity contribution < 1.29 is 4.79 Å².